The van der Waals surface area contributed by atoms with E-state index in [4.69, 9.17) is 0 Å². The molecule has 0 amide bonds. The van der Waals surface area contributed by atoms with E-state index >= 15 is 0 Å². The minimum Gasteiger partial charge on any atom is -0.254 e. The van der Waals surface area contributed by atoms with Crippen molar-refractivity contribution >= 4 is 9.84 Å². The third-order valence-corrected chi connectivity index (χ3v) is 4.85. The minimum atomic E-state index is -2.96. The van der Waals surface area contributed by atoms with Crippen LogP contribution in [0.2, 0.25) is 0 Å². The van der Waals surface area contributed by atoms with Crippen LogP contribution >= 0.6 is 0 Å². The molecule has 12 heavy (non-hydrogen) atoms. The molecule has 1 fully saturated rings. The number of hydrazine groups is 1. The highest BCUT2D eigenvalue weighted by Gasteiger charge is 2.34. The number of nitrogens with zero attached hydrogens (tertiary/aromatic N) is 1. The topological polar surface area (TPSA) is 49.4 Å². The summed E-state index contributed by atoms with van der Waals surface area (Å²) in [4.78, 5) is 0. The first-order valence-corrected chi connectivity index (χ1v) is 5.76. The lowest BCUT2D eigenvalue weighted by molar-refractivity contribution is 0.285. The van der Waals surface area contributed by atoms with Crippen molar-refractivity contribution in [3.05, 3.63) is 0 Å². The summed E-state index contributed by atoms with van der Waals surface area (Å²) in [5.74, 6) is 0. The fraction of sp³-hybridized carbons (Fsp3) is 1.00. The summed E-state index contributed by atoms with van der Waals surface area (Å²) in [5.41, 5.74) is 2.98. The Hall–Kier alpha value is -0.130. The summed E-state index contributed by atoms with van der Waals surface area (Å²) in [6.45, 7) is 4.20. The van der Waals surface area contributed by atoms with E-state index in [1.54, 1.807) is 25.9 Å². The van der Waals surface area contributed by atoms with Crippen molar-refractivity contribution in [1.29, 1.82) is 0 Å². The van der Waals surface area contributed by atoms with Gasteiger partial charge in [0.15, 0.2) is 9.84 Å². The summed E-state index contributed by atoms with van der Waals surface area (Å²) in [5, 5.41) is 1.07. The first kappa shape index (κ1) is 9.95. The second-order valence-corrected chi connectivity index (χ2v) is 6.07. The molecule has 0 aromatic rings. The van der Waals surface area contributed by atoms with E-state index in [9.17, 15) is 8.42 Å². The van der Waals surface area contributed by atoms with Gasteiger partial charge in [-0.15, -0.1) is 0 Å². The van der Waals surface area contributed by atoms with E-state index in [0.29, 0.717) is 6.42 Å². The molecule has 1 heterocycles. The second kappa shape index (κ2) is 3.32. The Kier molecular flexibility index (Phi) is 2.75. The zero-order valence-electron chi connectivity index (χ0n) is 7.74. The van der Waals surface area contributed by atoms with Gasteiger partial charge in [0.25, 0.3) is 0 Å². The summed E-state index contributed by atoms with van der Waals surface area (Å²) in [7, 11) is -1.19. The van der Waals surface area contributed by atoms with E-state index in [2.05, 4.69) is 5.43 Å². The Balaban J connectivity index is 2.82. The number of sulfone groups is 1. The van der Waals surface area contributed by atoms with Gasteiger partial charge in [-0.25, -0.2) is 13.4 Å². The van der Waals surface area contributed by atoms with Crippen LogP contribution in [0.25, 0.3) is 0 Å². The zero-order valence-corrected chi connectivity index (χ0v) is 8.56. The fourth-order valence-electron chi connectivity index (χ4n) is 1.36. The maximum Gasteiger partial charge on any atom is 0.169 e. The van der Waals surface area contributed by atoms with Crippen molar-refractivity contribution < 1.29 is 8.42 Å². The smallest absolute Gasteiger partial charge is 0.169 e. The van der Waals surface area contributed by atoms with Crippen molar-refractivity contribution in [2.24, 2.45) is 0 Å². The van der Waals surface area contributed by atoms with Crippen LogP contribution in [0.3, 0.4) is 0 Å². The molecule has 0 aliphatic carbocycles. The van der Waals surface area contributed by atoms with Crippen LogP contribution in [0.15, 0.2) is 0 Å². The molecule has 0 radical (unpaired) electrons. The third-order valence-electron chi connectivity index (χ3n) is 2.22. The fourth-order valence-corrected chi connectivity index (χ4v) is 2.95. The molecule has 1 aliphatic heterocycles. The Morgan fingerprint density at radius 1 is 1.50 bits per heavy atom. The van der Waals surface area contributed by atoms with Crippen LogP contribution in [0.1, 0.15) is 20.3 Å². The van der Waals surface area contributed by atoms with Gasteiger partial charge in [0, 0.05) is 13.6 Å². The third kappa shape index (κ3) is 1.62. The van der Waals surface area contributed by atoms with Gasteiger partial charge in [-0.3, -0.25) is 5.43 Å². The molecule has 0 spiro atoms. The number of rotatable bonds is 2. The van der Waals surface area contributed by atoms with Crippen LogP contribution in [0, 0.1) is 0 Å². The van der Waals surface area contributed by atoms with Crippen LogP contribution in [0.5, 0.6) is 0 Å². The van der Waals surface area contributed by atoms with Crippen LogP contribution in [-0.2, 0) is 9.84 Å². The highest BCUT2D eigenvalue weighted by Crippen LogP contribution is 2.17. The van der Waals surface area contributed by atoms with Crippen molar-refractivity contribution in [2.75, 3.05) is 13.6 Å². The standard InChI is InChI=1S/C7H16N2O2S/c1-6(2)12(10,11)7-4-5-8-9(7)3/h6-8H,4-5H2,1-3H3. The van der Waals surface area contributed by atoms with E-state index < -0.39 is 9.84 Å². The zero-order chi connectivity index (χ0) is 9.35. The summed E-state index contributed by atoms with van der Waals surface area (Å²) >= 11 is 0. The van der Waals surface area contributed by atoms with Crippen LogP contribution in [-0.4, -0.2) is 37.6 Å². The molecule has 1 unspecified atom stereocenters. The maximum absolute atomic E-state index is 11.7. The minimum absolute atomic E-state index is 0.287. The van der Waals surface area contributed by atoms with Gasteiger partial charge >= 0.3 is 0 Å². The summed E-state index contributed by atoms with van der Waals surface area (Å²) in [6.07, 6.45) is 0.691. The van der Waals surface area contributed by atoms with Gasteiger partial charge in [-0.2, -0.15) is 0 Å². The monoisotopic (exact) mass is 192 g/mol. The lowest BCUT2D eigenvalue weighted by Gasteiger charge is -2.21. The molecule has 5 heteroatoms. The highest BCUT2D eigenvalue weighted by molar-refractivity contribution is 7.92. The number of nitrogens with one attached hydrogen (secondary N) is 1. The van der Waals surface area contributed by atoms with Crippen molar-refractivity contribution in [3.63, 3.8) is 0 Å². The predicted molar refractivity (Wildman–Crippen MR) is 48.2 cm³/mol. The molecule has 72 valence electrons. The van der Waals surface area contributed by atoms with Gasteiger partial charge in [0.2, 0.25) is 0 Å². The van der Waals surface area contributed by atoms with E-state index in [1.807, 2.05) is 0 Å². The Bertz CT molecular complexity index is 248. The van der Waals surface area contributed by atoms with Crippen molar-refractivity contribution in [2.45, 2.75) is 30.9 Å². The lowest BCUT2D eigenvalue weighted by atomic mass is 10.5. The summed E-state index contributed by atoms with van der Waals surface area (Å²) < 4.78 is 23.3. The largest absolute Gasteiger partial charge is 0.254 e. The highest BCUT2D eigenvalue weighted by atomic mass is 32.2. The van der Waals surface area contributed by atoms with Gasteiger partial charge in [-0.05, 0) is 20.3 Å². The molecule has 0 aromatic carbocycles. The summed E-state index contributed by atoms with van der Waals surface area (Å²) in [6, 6.07) is 0. The first-order chi connectivity index (χ1) is 5.46. The Morgan fingerprint density at radius 3 is 2.42 bits per heavy atom. The van der Waals surface area contributed by atoms with E-state index in [0.717, 1.165) is 6.54 Å². The Morgan fingerprint density at radius 2 is 2.08 bits per heavy atom. The van der Waals surface area contributed by atoms with Gasteiger partial charge < -0.3 is 0 Å². The van der Waals surface area contributed by atoms with E-state index in [-0.39, 0.29) is 10.6 Å². The molecular weight excluding hydrogens is 176 g/mol. The lowest BCUT2D eigenvalue weighted by Crippen LogP contribution is -2.41. The Labute approximate surface area is 73.8 Å². The first-order valence-electron chi connectivity index (χ1n) is 4.15. The molecule has 0 aromatic heterocycles. The second-order valence-electron chi connectivity index (χ2n) is 3.40. The molecule has 1 rings (SSSR count). The molecule has 1 N–H and O–H groups in total. The molecule has 0 bridgehead atoms. The average molecular weight is 192 g/mol. The molecule has 1 saturated heterocycles. The van der Waals surface area contributed by atoms with E-state index in [1.165, 1.54) is 0 Å². The molecule has 1 aliphatic rings. The number of hydrogen-bond acceptors (Lipinski definition) is 4. The van der Waals surface area contributed by atoms with Crippen molar-refractivity contribution in [3.8, 4) is 0 Å². The molecule has 1 atom stereocenters. The van der Waals surface area contributed by atoms with Gasteiger partial charge in [0.1, 0.15) is 5.37 Å². The average Bonchev–Trinajstić information content (AvgIpc) is 2.35. The SMILES string of the molecule is CC(C)S(=O)(=O)C1CCNN1C. The van der Waals surface area contributed by atoms with Gasteiger partial charge in [0.05, 0.1) is 5.25 Å². The number of hydrogen-bond donors (Lipinski definition) is 1. The molecule has 4 nitrogen and oxygen atoms in total. The molecule has 0 saturated carbocycles. The van der Waals surface area contributed by atoms with Gasteiger partial charge in [-0.1, -0.05) is 0 Å². The van der Waals surface area contributed by atoms with Crippen molar-refractivity contribution in [1.82, 2.24) is 10.4 Å². The maximum atomic E-state index is 11.7. The van der Waals surface area contributed by atoms with Crippen LogP contribution in [0.4, 0.5) is 0 Å². The van der Waals surface area contributed by atoms with Crippen LogP contribution < -0.4 is 5.43 Å². The quantitative estimate of drug-likeness (QED) is 0.668. The predicted octanol–water partition coefficient (Wildman–Crippen LogP) is -0.0242. The normalized spacial score (nSPS) is 26.8. The molecular formula is C7H16N2O2S.